The SMILES string of the molecule is Nc1ccc(N2CCOc3cc(C(=O)N4CCC(F)(F)CC4)ccc32)cc1. The maximum absolute atomic E-state index is 13.3. The Bertz CT molecular complexity index is 845. The third-order valence-electron chi connectivity index (χ3n) is 5.06. The zero-order valence-corrected chi connectivity index (χ0v) is 14.8. The Labute approximate surface area is 156 Å². The molecule has 0 radical (unpaired) electrons. The highest BCUT2D eigenvalue weighted by molar-refractivity contribution is 5.95. The molecule has 2 heterocycles. The number of rotatable bonds is 2. The number of benzene rings is 2. The topological polar surface area (TPSA) is 58.8 Å². The van der Waals surface area contributed by atoms with Crippen molar-refractivity contribution < 1.29 is 18.3 Å². The van der Waals surface area contributed by atoms with Gasteiger partial charge < -0.3 is 20.3 Å². The molecule has 1 saturated heterocycles. The predicted molar refractivity (Wildman–Crippen MR) is 99.9 cm³/mol. The van der Waals surface area contributed by atoms with E-state index in [-0.39, 0.29) is 31.8 Å². The molecule has 2 aliphatic rings. The van der Waals surface area contributed by atoms with Crippen LogP contribution in [0, 0.1) is 0 Å². The molecule has 27 heavy (non-hydrogen) atoms. The van der Waals surface area contributed by atoms with E-state index in [4.69, 9.17) is 10.5 Å². The fraction of sp³-hybridized carbons (Fsp3) is 0.350. The summed E-state index contributed by atoms with van der Waals surface area (Å²) in [6, 6.07) is 12.8. The smallest absolute Gasteiger partial charge is 0.253 e. The maximum atomic E-state index is 13.3. The van der Waals surface area contributed by atoms with E-state index in [2.05, 4.69) is 4.90 Å². The summed E-state index contributed by atoms with van der Waals surface area (Å²) >= 11 is 0. The van der Waals surface area contributed by atoms with Crippen LogP contribution >= 0.6 is 0 Å². The van der Waals surface area contributed by atoms with Gasteiger partial charge in [-0.1, -0.05) is 0 Å². The Morgan fingerprint density at radius 2 is 1.74 bits per heavy atom. The molecule has 0 atom stereocenters. The van der Waals surface area contributed by atoms with Crippen LogP contribution in [0.25, 0.3) is 0 Å². The van der Waals surface area contributed by atoms with Crippen LogP contribution in [0.5, 0.6) is 5.75 Å². The van der Waals surface area contributed by atoms with Gasteiger partial charge in [0.15, 0.2) is 0 Å². The quantitative estimate of drug-likeness (QED) is 0.816. The number of carbonyl (C=O) groups is 1. The molecule has 0 unspecified atom stereocenters. The maximum Gasteiger partial charge on any atom is 0.253 e. The number of fused-ring (bicyclic) bond motifs is 1. The summed E-state index contributed by atoms with van der Waals surface area (Å²) in [5.74, 6) is -2.29. The summed E-state index contributed by atoms with van der Waals surface area (Å²) in [6.45, 7) is 1.32. The van der Waals surface area contributed by atoms with Gasteiger partial charge in [-0.05, 0) is 42.5 Å². The van der Waals surface area contributed by atoms with Gasteiger partial charge in [0.25, 0.3) is 11.8 Å². The van der Waals surface area contributed by atoms with Crippen LogP contribution in [-0.4, -0.2) is 43.0 Å². The minimum atomic E-state index is -2.67. The number of hydrogen-bond donors (Lipinski definition) is 1. The van der Waals surface area contributed by atoms with Crippen LogP contribution in [0.2, 0.25) is 0 Å². The lowest BCUT2D eigenvalue weighted by Crippen LogP contribution is -2.42. The second-order valence-electron chi connectivity index (χ2n) is 6.92. The highest BCUT2D eigenvalue weighted by atomic mass is 19.3. The Morgan fingerprint density at radius 3 is 2.44 bits per heavy atom. The average Bonchev–Trinajstić information content (AvgIpc) is 2.67. The molecular weight excluding hydrogens is 352 g/mol. The molecule has 0 saturated carbocycles. The standard InChI is InChI=1S/C20H21F2N3O2/c21-20(22)7-9-24(10-8-20)19(26)14-1-6-17-18(13-14)27-12-11-25(17)16-4-2-15(23)3-5-16/h1-6,13H,7-12,23H2. The van der Waals surface area contributed by atoms with Crippen molar-refractivity contribution >= 4 is 23.0 Å². The van der Waals surface area contributed by atoms with Crippen LogP contribution in [0.3, 0.4) is 0 Å². The first-order chi connectivity index (χ1) is 12.9. The summed E-state index contributed by atoms with van der Waals surface area (Å²) in [4.78, 5) is 16.3. The van der Waals surface area contributed by atoms with Crippen molar-refractivity contribution in [1.82, 2.24) is 4.90 Å². The van der Waals surface area contributed by atoms with Crippen LogP contribution in [0.4, 0.5) is 25.8 Å². The van der Waals surface area contributed by atoms with Crippen LogP contribution in [0.15, 0.2) is 42.5 Å². The molecule has 1 amide bonds. The normalized spacial score (nSPS) is 18.6. The number of ether oxygens (including phenoxy) is 1. The molecule has 1 fully saturated rings. The number of halogens is 2. The molecule has 0 bridgehead atoms. The van der Waals surface area contributed by atoms with Crippen molar-refractivity contribution in [1.29, 1.82) is 0 Å². The molecule has 0 spiro atoms. The number of anilines is 3. The van der Waals surface area contributed by atoms with E-state index in [1.54, 1.807) is 12.1 Å². The van der Waals surface area contributed by atoms with Gasteiger partial charge in [-0.15, -0.1) is 0 Å². The molecule has 4 rings (SSSR count). The minimum Gasteiger partial charge on any atom is -0.490 e. The van der Waals surface area contributed by atoms with E-state index in [1.165, 1.54) is 4.90 Å². The van der Waals surface area contributed by atoms with Crippen molar-refractivity contribution in [3.63, 3.8) is 0 Å². The van der Waals surface area contributed by atoms with E-state index < -0.39 is 5.92 Å². The van der Waals surface area contributed by atoms with Gasteiger partial charge in [0.05, 0.1) is 12.2 Å². The van der Waals surface area contributed by atoms with E-state index in [9.17, 15) is 13.6 Å². The molecule has 2 aliphatic heterocycles. The summed E-state index contributed by atoms with van der Waals surface area (Å²) in [7, 11) is 0. The van der Waals surface area contributed by atoms with Crippen molar-refractivity contribution in [3.8, 4) is 5.75 Å². The van der Waals surface area contributed by atoms with Gasteiger partial charge in [0, 0.05) is 42.9 Å². The predicted octanol–water partition coefficient (Wildman–Crippen LogP) is 3.67. The number of amides is 1. The first-order valence-electron chi connectivity index (χ1n) is 9.00. The molecule has 2 aromatic carbocycles. The summed E-state index contributed by atoms with van der Waals surface area (Å²) < 4.78 is 32.4. The number of piperidine rings is 1. The highest BCUT2D eigenvalue weighted by Gasteiger charge is 2.36. The van der Waals surface area contributed by atoms with E-state index in [1.807, 2.05) is 30.3 Å². The lowest BCUT2D eigenvalue weighted by Gasteiger charge is -2.33. The first kappa shape index (κ1) is 17.6. The number of carbonyl (C=O) groups excluding carboxylic acids is 1. The van der Waals surface area contributed by atoms with Gasteiger partial charge in [-0.3, -0.25) is 4.79 Å². The first-order valence-corrected chi connectivity index (χ1v) is 9.00. The van der Waals surface area contributed by atoms with Gasteiger partial charge in [-0.25, -0.2) is 8.78 Å². The molecular formula is C20H21F2N3O2. The number of nitrogen functional groups attached to an aromatic ring is 1. The van der Waals surface area contributed by atoms with Gasteiger partial charge in [-0.2, -0.15) is 0 Å². The second kappa shape index (κ2) is 6.72. The monoisotopic (exact) mass is 373 g/mol. The van der Waals surface area contributed by atoms with Crippen molar-refractivity contribution in [2.45, 2.75) is 18.8 Å². The van der Waals surface area contributed by atoms with E-state index in [0.717, 1.165) is 11.4 Å². The third-order valence-corrected chi connectivity index (χ3v) is 5.06. The zero-order valence-electron chi connectivity index (χ0n) is 14.8. The van der Waals surface area contributed by atoms with Crippen LogP contribution in [-0.2, 0) is 0 Å². The van der Waals surface area contributed by atoms with Crippen LogP contribution in [0.1, 0.15) is 23.2 Å². The fourth-order valence-electron chi connectivity index (χ4n) is 3.50. The zero-order chi connectivity index (χ0) is 19.0. The number of likely N-dealkylation sites (tertiary alicyclic amines) is 1. The number of hydrogen-bond acceptors (Lipinski definition) is 4. The Balaban J connectivity index is 1.56. The highest BCUT2D eigenvalue weighted by Crippen LogP contribution is 2.38. The largest absolute Gasteiger partial charge is 0.490 e. The van der Waals surface area contributed by atoms with E-state index >= 15 is 0 Å². The average molecular weight is 373 g/mol. The van der Waals surface area contributed by atoms with E-state index in [0.29, 0.717) is 30.2 Å². The molecule has 5 nitrogen and oxygen atoms in total. The molecule has 2 aromatic rings. The van der Waals surface area contributed by atoms with Crippen LogP contribution < -0.4 is 15.4 Å². The lowest BCUT2D eigenvalue weighted by atomic mass is 10.0. The Morgan fingerprint density at radius 1 is 1.04 bits per heavy atom. The van der Waals surface area contributed by atoms with Gasteiger partial charge in [0.2, 0.25) is 0 Å². The number of nitrogens with two attached hydrogens (primary N) is 1. The third kappa shape index (κ3) is 3.54. The molecule has 7 heteroatoms. The molecule has 0 aliphatic carbocycles. The van der Waals surface area contributed by atoms with Crippen molar-refractivity contribution in [2.24, 2.45) is 0 Å². The van der Waals surface area contributed by atoms with Crippen molar-refractivity contribution in [2.75, 3.05) is 36.9 Å². The Kier molecular flexibility index (Phi) is 4.37. The summed E-state index contributed by atoms with van der Waals surface area (Å²) in [6.07, 6.45) is -0.573. The molecule has 142 valence electrons. The second-order valence-corrected chi connectivity index (χ2v) is 6.92. The summed E-state index contributed by atoms with van der Waals surface area (Å²) in [5, 5.41) is 0. The molecule has 0 aromatic heterocycles. The van der Waals surface area contributed by atoms with Gasteiger partial charge >= 0.3 is 0 Å². The van der Waals surface area contributed by atoms with Gasteiger partial charge in [0.1, 0.15) is 12.4 Å². The summed E-state index contributed by atoms with van der Waals surface area (Å²) in [5.41, 5.74) is 8.77. The lowest BCUT2D eigenvalue weighted by molar-refractivity contribution is -0.0494. The van der Waals surface area contributed by atoms with Crippen molar-refractivity contribution in [3.05, 3.63) is 48.0 Å². The molecule has 2 N–H and O–H groups in total. The number of nitrogens with zero attached hydrogens (tertiary/aromatic N) is 2. The number of alkyl halides is 2. The Hall–Kier alpha value is -2.83. The minimum absolute atomic E-state index is 0.0708. The fourth-order valence-corrected chi connectivity index (χ4v) is 3.50.